The molecule has 2 fully saturated rings. The van der Waals surface area contributed by atoms with Crippen LogP contribution in [-0.4, -0.2) is 52.2 Å². The number of aromatic nitrogens is 3. The first-order chi connectivity index (χ1) is 14.6. The molecule has 1 atom stereocenters. The summed E-state index contributed by atoms with van der Waals surface area (Å²) >= 11 is 1.60. The van der Waals surface area contributed by atoms with Gasteiger partial charge >= 0.3 is 0 Å². The summed E-state index contributed by atoms with van der Waals surface area (Å²) in [6.45, 7) is 1.63. The van der Waals surface area contributed by atoms with Crippen molar-refractivity contribution in [2.24, 2.45) is 0 Å². The molecule has 0 aliphatic carbocycles. The van der Waals surface area contributed by atoms with E-state index < -0.39 is 5.67 Å². The molecule has 2 aromatic heterocycles. The van der Waals surface area contributed by atoms with Gasteiger partial charge in [-0.15, -0.1) is 11.3 Å². The molecule has 5 rings (SSSR count). The van der Waals surface area contributed by atoms with E-state index in [-0.39, 0.29) is 30.7 Å². The first kappa shape index (κ1) is 19.6. The van der Waals surface area contributed by atoms with E-state index >= 15 is 4.39 Å². The Morgan fingerprint density at radius 2 is 2.10 bits per heavy atom. The smallest absolute Gasteiger partial charge is 0.266 e. The molecule has 30 heavy (non-hydrogen) atoms. The molecule has 2 aliphatic heterocycles. The Morgan fingerprint density at radius 3 is 2.93 bits per heavy atom. The number of alkyl halides is 1. The van der Waals surface area contributed by atoms with Crippen LogP contribution in [-0.2, 0) is 21.6 Å². The number of para-hydroxylation sites is 1. The van der Waals surface area contributed by atoms with E-state index in [1.54, 1.807) is 16.2 Å². The summed E-state index contributed by atoms with van der Waals surface area (Å²) < 4.78 is 27.2. The van der Waals surface area contributed by atoms with Crippen LogP contribution in [0.5, 0.6) is 0 Å². The third-order valence-corrected chi connectivity index (χ3v) is 6.97. The standard InChI is InChI=1S/C21H23FN4O3S/c22-21(20-24-19(25-29-20)14-7-11-28-12-8-14)9-10-26(13-21)18(27)6-5-17-23-15-3-1-2-4-16(15)30-17/h1-4,14H,5-13H2. The van der Waals surface area contributed by atoms with Gasteiger partial charge in [0, 0.05) is 44.9 Å². The Hall–Kier alpha value is -2.39. The zero-order valence-electron chi connectivity index (χ0n) is 16.6. The number of likely N-dealkylation sites (tertiary alicyclic amines) is 1. The van der Waals surface area contributed by atoms with Crippen LogP contribution < -0.4 is 0 Å². The van der Waals surface area contributed by atoms with Crippen molar-refractivity contribution < 1.29 is 18.4 Å². The van der Waals surface area contributed by atoms with Crippen molar-refractivity contribution in [3.05, 3.63) is 41.0 Å². The van der Waals surface area contributed by atoms with E-state index in [0.29, 0.717) is 38.4 Å². The normalized spacial score (nSPS) is 22.8. The van der Waals surface area contributed by atoms with Gasteiger partial charge in [0.2, 0.25) is 11.6 Å². The predicted octanol–water partition coefficient (Wildman–Crippen LogP) is 3.60. The van der Waals surface area contributed by atoms with Crippen molar-refractivity contribution in [3.63, 3.8) is 0 Å². The summed E-state index contributed by atoms with van der Waals surface area (Å²) in [5, 5.41) is 4.93. The van der Waals surface area contributed by atoms with Gasteiger partial charge in [-0.05, 0) is 25.0 Å². The number of carbonyl (C=O) groups excluding carboxylic acids is 1. The topological polar surface area (TPSA) is 81.4 Å². The summed E-state index contributed by atoms with van der Waals surface area (Å²) in [5.41, 5.74) is -0.826. The van der Waals surface area contributed by atoms with Crippen LogP contribution in [0.1, 0.15) is 48.3 Å². The molecule has 1 unspecified atom stereocenters. The quantitative estimate of drug-likeness (QED) is 0.615. The molecule has 2 saturated heterocycles. The van der Waals surface area contributed by atoms with Crippen molar-refractivity contribution in [3.8, 4) is 0 Å². The first-order valence-corrected chi connectivity index (χ1v) is 11.2. The lowest BCUT2D eigenvalue weighted by Crippen LogP contribution is -2.32. The average Bonchev–Trinajstić information content (AvgIpc) is 3.51. The minimum Gasteiger partial charge on any atom is -0.381 e. The molecule has 0 saturated carbocycles. The maximum absolute atomic E-state index is 15.5. The van der Waals surface area contributed by atoms with Gasteiger partial charge in [0.1, 0.15) is 0 Å². The second-order valence-electron chi connectivity index (χ2n) is 7.95. The lowest BCUT2D eigenvalue weighted by Gasteiger charge is -2.19. The Labute approximate surface area is 177 Å². The lowest BCUT2D eigenvalue weighted by molar-refractivity contribution is -0.130. The van der Waals surface area contributed by atoms with Crippen molar-refractivity contribution in [2.45, 2.75) is 43.7 Å². The number of hydrogen-bond donors (Lipinski definition) is 0. The van der Waals surface area contributed by atoms with Crippen molar-refractivity contribution in [2.75, 3.05) is 26.3 Å². The molecule has 0 N–H and O–H groups in total. The van der Waals surface area contributed by atoms with Crippen LogP contribution in [0.4, 0.5) is 4.39 Å². The molecular formula is C21H23FN4O3S. The largest absolute Gasteiger partial charge is 0.381 e. The van der Waals surface area contributed by atoms with Gasteiger partial charge in [0.25, 0.3) is 5.89 Å². The van der Waals surface area contributed by atoms with E-state index in [1.165, 1.54) is 0 Å². The van der Waals surface area contributed by atoms with Crippen LogP contribution in [0.25, 0.3) is 10.2 Å². The van der Waals surface area contributed by atoms with E-state index in [0.717, 1.165) is 28.1 Å². The number of rotatable bonds is 5. The minimum absolute atomic E-state index is 0.00883. The van der Waals surface area contributed by atoms with Crippen LogP contribution in [0, 0.1) is 0 Å². The molecule has 3 aromatic rings. The number of hydrogen-bond acceptors (Lipinski definition) is 7. The lowest BCUT2D eigenvalue weighted by atomic mass is 9.99. The van der Waals surface area contributed by atoms with E-state index in [9.17, 15) is 4.79 Å². The number of aryl methyl sites for hydroxylation is 1. The van der Waals surface area contributed by atoms with Gasteiger partial charge in [-0.25, -0.2) is 9.37 Å². The summed E-state index contributed by atoms with van der Waals surface area (Å²) in [6, 6.07) is 7.92. The summed E-state index contributed by atoms with van der Waals surface area (Å²) in [7, 11) is 0. The van der Waals surface area contributed by atoms with Gasteiger partial charge in [0.15, 0.2) is 5.82 Å². The summed E-state index contributed by atoms with van der Waals surface area (Å²) in [5.74, 6) is 0.613. The molecule has 4 heterocycles. The Balaban J connectivity index is 1.20. The second kappa shape index (κ2) is 8.03. The monoisotopic (exact) mass is 430 g/mol. The molecule has 7 nitrogen and oxygen atoms in total. The number of benzene rings is 1. The van der Waals surface area contributed by atoms with Crippen molar-refractivity contribution in [1.82, 2.24) is 20.0 Å². The van der Waals surface area contributed by atoms with Crippen LogP contribution in [0.3, 0.4) is 0 Å². The van der Waals surface area contributed by atoms with Crippen LogP contribution >= 0.6 is 11.3 Å². The zero-order chi connectivity index (χ0) is 20.6. The SMILES string of the molecule is O=C(CCc1nc2ccccc2s1)N1CCC(F)(c2nc(C3CCOCC3)no2)C1. The van der Waals surface area contributed by atoms with E-state index in [1.807, 2.05) is 24.3 Å². The Bertz CT molecular complexity index is 1010. The van der Waals surface area contributed by atoms with Gasteiger partial charge < -0.3 is 14.2 Å². The van der Waals surface area contributed by atoms with Gasteiger partial charge in [0.05, 0.1) is 21.8 Å². The molecule has 0 radical (unpaired) electrons. The molecule has 9 heteroatoms. The van der Waals surface area contributed by atoms with Gasteiger partial charge in [-0.1, -0.05) is 17.3 Å². The fourth-order valence-corrected chi connectivity index (χ4v) is 5.06. The molecule has 1 aromatic carbocycles. The minimum atomic E-state index is -1.78. The number of thiazole rings is 1. The predicted molar refractivity (Wildman–Crippen MR) is 109 cm³/mol. The molecule has 0 bridgehead atoms. The number of halogens is 1. The highest BCUT2D eigenvalue weighted by molar-refractivity contribution is 7.18. The number of carbonyl (C=O) groups is 1. The Kier molecular flexibility index (Phi) is 5.24. The van der Waals surface area contributed by atoms with Crippen molar-refractivity contribution >= 4 is 27.5 Å². The van der Waals surface area contributed by atoms with Gasteiger partial charge in [-0.3, -0.25) is 4.79 Å². The average molecular weight is 431 g/mol. The van der Waals surface area contributed by atoms with E-state index in [4.69, 9.17) is 9.26 Å². The Morgan fingerprint density at radius 1 is 1.27 bits per heavy atom. The number of nitrogens with zero attached hydrogens (tertiary/aromatic N) is 4. The highest BCUT2D eigenvalue weighted by atomic mass is 32.1. The third-order valence-electron chi connectivity index (χ3n) is 5.87. The summed E-state index contributed by atoms with van der Waals surface area (Å²) in [6.07, 6.45) is 2.67. The highest BCUT2D eigenvalue weighted by Gasteiger charge is 2.46. The fraction of sp³-hybridized carbons (Fsp3) is 0.524. The first-order valence-electron chi connectivity index (χ1n) is 10.3. The molecule has 1 amide bonds. The molecule has 2 aliphatic rings. The molecular weight excluding hydrogens is 407 g/mol. The number of fused-ring (bicyclic) bond motifs is 1. The number of ether oxygens (including phenoxy) is 1. The number of amides is 1. The summed E-state index contributed by atoms with van der Waals surface area (Å²) in [4.78, 5) is 23.1. The van der Waals surface area contributed by atoms with Crippen LogP contribution in [0.2, 0.25) is 0 Å². The van der Waals surface area contributed by atoms with E-state index in [2.05, 4.69) is 15.1 Å². The maximum Gasteiger partial charge on any atom is 0.266 e. The van der Waals surface area contributed by atoms with Crippen LogP contribution in [0.15, 0.2) is 28.8 Å². The van der Waals surface area contributed by atoms with Crippen molar-refractivity contribution in [1.29, 1.82) is 0 Å². The molecule has 158 valence electrons. The molecule has 0 spiro atoms. The maximum atomic E-state index is 15.5. The van der Waals surface area contributed by atoms with Gasteiger partial charge in [-0.2, -0.15) is 4.98 Å². The zero-order valence-corrected chi connectivity index (χ0v) is 17.4. The third kappa shape index (κ3) is 3.83. The highest BCUT2D eigenvalue weighted by Crippen LogP contribution is 2.37. The second-order valence-corrected chi connectivity index (χ2v) is 9.07. The fourth-order valence-electron chi connectivity index (χ4n) is 4.10.